The van der Waals surface area contributed by atoms with Crippen LogP contribution in [0.3, 0.4) is 0 Å². The molecule has 2 heterocycles. The quantitative estimate of drug-likeness (QED) is 0.165. The Morgan fingerprint density at radius 1 is 0.427 bits per heavy atom. The summed E-state index contributed by atoms with van der Waals surface area (Å²) in [5.41, 5.74) is -13.5. The zero-order valence-corrected chi connectivity index (χ0v) is 41.2. The van der Waals surface area contributed by atoms with Gasteiger partial charge in [0.25, 0.3) is 0 Å². The van der Waals surface area contributed by atoms with Crippen LogP contribution in [0.15, 0.2) is 188 Å². The Kier molecular flexibility index (Phi) is 6.66. The summed E-state index contributed by atoms with van der Waals surface area (Å²) in [4.78, 5) is 9.85. The standard InChI is InChI=1S/C71H71N3O/c1-45-37-49(46-21-16-14-17-22-46)30-34-63(45)74-64-26-20-25-57(65(64)73-67(74)59-43-56(69(5,6)7)44-61(66(59)75)71(11,12)13)53-38-52(48-27-31-55(32-28-48)68(2,3)4)39-54(40-53)62-42-51(35-36-72-62)58-41-50(47-23-18-15-19-24-47)29-33-60(58)70(8,9)10/h14-44,75H,1-13H3/i1D3,5D3,6D3,7D3,8D3,9D3,10D3,11D3,12D3,13D3. The molecule has 0 saturated heterocycles. The summed E-state index contributed by atoms with van der Waals surface area (Å²) in [6, 6.07) is 46.2. The molecule has 75 heavy (non-hydrogen) atoms. The van der Waals surface area contributed by atoms with Crippen LogP contribution >= 0.6 is 0 Å². The molecule has 376 valence electrons. The lowest BCUT2D eigenvalue weighted by Crippen LogP contribution is -2.17. The van der Waals surface area contributed by atoms with Gasteiger partial charge in [-0.25, -0.2) is 4.98 Å². The molecule has 0 atom stereocenters. The number of para-hydroxylation sites is 1. The van der Waals surface area contributed by atoms with Crippen LogP contribution in [0.25, 0.3) is 95.0 Å². The Bertz CT molecular complexity index is 4800. The molecule has 4 nitrogen and oxygen atoms in total. The Balaban J connectivity index is 1.39. The number of aromatic hydroxyl groups is 1. The van der Waals surface area contributed by atoms with E-state index in [1.807, 2.05) is 45.0 Å². The summed E-state index contributed by atoms with van der Waals surface area (Å²) >= 11 is 0. The highest BCUT2D eigenvalue weighted by Gasteiger charge is 2.29. The number of imidazole rings is 1. The molecule has 8 aromatic carbocycles. The molecule has 0 saturated carbocycles. The minimum absolute atomic E-state index is 0.0910. The van der Waals surface area contributed by atoms with Crippen molar-refractivity contribution >= 4 is 11.0 Å². The second kappa shape index (κ2) is 19.1. The summed E-state index contributed by atoms with van der Waals surface area (Å²) in [6.45, 7) is -33.7. The number of rotatable bonds is 8. The van der Waals surface area contributed by atoms with Crippen molar-refractivity contribution < 1.29 is 46.2 Å². The van der Waals surface area contributed by atoms with E-state index in [4.69, 9.17) is 51.1 Å². The van der Waals surface area contributed by atoms with Crippen molar-refractivity contribution in [3.63, 3.8) is 0 Å². The van der Waals surface area contributed by atoms with Crippen molar-refractivity contribution in [1.29, 1.82) is 0 Å². The highest BCUT2D eigenvalue weighted by Crippen LogP contribution is 2.46. The third-order valence-electron chi connectivity index (χ3n) is 13.4. The van der Waals surface area contributed by atoms with Gasteiger partial charge in [-0.15, -0.1) is 0 Å². The van der Waals surface area contributed by atoms with Crippen molar-refractivity contribution in [2.45, 2.75) is 111 Å². The first-order valence-corrected chi connectivity index (χ1v) is 24.0. The van der Waals surface area contributed by atoms with Gasteiger partial charge in [-0.2, -0.15) is 0 Å². The molecule has 0 spiro atoms. The van der Waals surface area contributed by atoms with Crippen molar-refractivity contribution in [3.8, 4) is 89.7 Å². The topological polar surface area (TPSA) is 50.9 Å². The van der Waals surface area contributed by atoms with Crippen LogP contribution in [0.4, 0.5) is 0 Å². The van der Waals surface area contributed by atoms with Crippen LogP contribution in [-0.4, -0.2) is 19.6 Å². The van der Waals surface area contributed by atoms with Gasteiger partial charge in [0.1, 0.15) is 11.6 Å². The van der Waals surface area contributed by atoms with E-state index in [1.54, 1.807) is 84.9 Å². The van der Waals surface area contributed by atoms with Crippen molar-refractivity contribution in [3.05, 3.63) is 216 Å². The Morgan fingerprint density at radius 3 is 1.71 bits per heavy atom. The van der Waals surface area contributed by atoms with E-state index in [9.17, 15) is 5.11 Å². The van der Waals surface area contributed by atoms with Gasteiger partial charge in [0.15, 0.2) is 0 Å². The second-order valence-electron chi connectivity index (χ2n) is 19.9. The number of aromatic nitrogens is 3. The van der Waals surface area contributed by atoms with Gasteiger partial charge in [0, 0.05) is 64.0 Å². The number of phenolic OH excluding ortho intramolecular Hbond substituents is 1. The smallest absolute Gasteiger partial charge is 0.149 e. The first-order chi connectivity index (χ1) is 48.0. The van der Waals surface area contributed by atoms with Crippen molar-refractivity contribution in [2.75, 3.05) is 0 Å². The normalized spacial score (nSPS) is 20.0. The molecule has 0 unspecified atom stereocenters. The van der Waals surface area contributed by atoms with E-state index >= 15 is 0 Å². The van der Waals surface area contributed by atoms with Gasteiger partial charge in [-0.3, -0.25) is 9.55 Å². The molecule has 10 aromatic rings. The summed E-state index contributed by atoms with van der Waals surface area (Å²) in [5.74, 6) is -2.37. The first-order valence-electron chi connectivity index (χ1n) is 39.0. The van der Waals surface area contributed by atoms with Gasteiger partial charge in [0.2, 0.25) is 0 Å². The number of fused-ring (bicyclic) bond motifs is 1. The molecule has 10 rings (SSSR count). The minimum Gasteiger partial charge on any atom is -0.507 e. The summed E-state index contributed by atoms with van der Waals surface area (Å²) in [6.07, 6.45) is 1.35. The maximum Gasteiger partial charge on any atom is 0.149 e. The van der Waals surface area contributed by atoms with Crippen LogP contribution in [-0.2, 0) is 21.7 Å². The largest absolute Gasteiger partial charge is 0.507 e. The number of nitrogens with zero attached hydrogens (tertiary/aromatic N) is 3. The molecule has 0 aliphatic rings. The van der Waals surface area contributed by atoms with Crippen LogP contribution in [0.2, 0.25) is 0 Å². The Labute approximate surface area is 488 Å². The maximum absolute atomic E-state index is 13.2. The van der Waals surface area contributed by atoms with E-state index < -0.39 is 124 Å². The van der Waals surface area contributed by atoms with E-state index in [2.05, 4.69) is 0 Å². The van der Waals surface area contributed by atoms with E-state index in [-0.39, 0.29) is 61.7 Å². The number of benzene rings is 8. The van der Waals surface area contributed by atoms with Crippen LogP contribution in [0.1, 0.15) is 151 Å². The van der Waals surface area contributed by atoms with Gasteiger partial charge in [-0.05, 0) is 162 Å². The van der Waals surface area contributed by atoms with Crippen molar-refractivity contribution in [1.82, 2.24) is 14.5 Å². The zero-order valence-electron chi connectivity index (χ0n) is 71.2. The molecule has 0 fully saturated rings. The molecule has 0 radical (unpaired) electrons. The number of pyridine rings is 1. The third-order valence-corrected chi connectivity index (χ3v) is 13.4. The average Bonchev–Trinajstić information content (AvgIpc) is 1.21. The molecular formula is C71H71N3O. The molecule has 0 aliphatic carbocycles. The van der Waals surface area contributed by atoms with Crippen molar-refractivity contribution in [2.24, 2.45) is 0 Å². The summed E-state index contributed by atoms with van der Waals surface area (Å²) in [7, 11) is 0. The van der Waals surface area contributed by atoms with Crippen LogP contribution < -0.4 is 0 Å². The minimum atomic E-state index is -4.34. The molecule has 1 N–H and O–H groups in total. The molecular weight excluding hydrogens is 911 g/mol. The first kappa shape index (κ1) is 26.1. The Hall–Kier alpha value is -7.82. The average molecular weight is 1010 g/mol. The summed E-state index contributed by atoms with van der Waals surface area (Å²) < 4.78 is 267. The second-order valence-corrected chi connectivity index (χ2v) is 19.9. The number of phenols is 1. The molecule has 0 amide bonds. The SMILES string of the molecule is [2H]C([2H])([2H])c1cc(-c2ccccc2)ccc1-n1c(-c2cc(C(C([2H])([2H])[2H])(C([2H])([2H])[2H])C([2H])([2H])[2H])cc(C(C([2H])([2H])[2H])(C([2H])([2H])[2H])C([2H])([2H])[2H])c2O)nc2c(-c3cc(-c4ccc(C(C)(C)C)cc4)cc(-c4cc(-c5cc(-c6ccccc6)ccc5C(C([2H])([2H])[2H])(C([2H])([2H])[2H])C([2H])([2H])[2H])ccn4)c3)cccc21. The van der Waals surface area contributed by atoms with Gasteiger partial charge < -0.3 is 5.11 Å². The number of aryl methyl sites for hydroxylation is 1. The molecule has 4 heteroatoms. The fourth-order valence-electron chi connectivity index (χ4n) is 9.54. The fourth-order valence-corrected chi connectivity index (χ4v) is 9.54. The lowest BCUT2D eigenvalue weighted by Gasteiger charge is -2.27. The Morgan fingerprint density at radius 2 is 1.04 bits per heavy atom. The molecule has 0 bridgehead atoms. The van der Waals surface area contributed by atoms with Crippen LogP contribution in [0, 0.1) is 6.85 Å². The number of hydrogen-bond acceptors (Lipinski definition) is 3. The highest BCUT2D eigenvalue weighted by atomic mass is 16.3. The summed E-state index contributed by atoms with van der Waals surface area (Å²) in [5, 5.41) is 13.2. The maximum atomic E-state index is 13.2. The molecule has 0 aliphatic heterocycles. The third kappa shape index (κ3) is 10.1. The zero-order chi connectivity index (χ0) is 78.2. The lowest BCUT2D eigenvalue weighted by atomic mass is 9.79. The van der Waals surface area contributed by atoms with E-state index in [1.165, 1.54) is 66.9 Å². The van der Waals surface area contributed by atoms with Gasteiger partial charge in [0.05, 0.1) is 28.0 Å². The molecule has 2 aromatic heterocycles. The predicted octanol–water partition coefficient (Wildman–Crippen LogP) is 19.3. The van der Waals surface area contributed by atoms with Gasteiger partial charge >= 0.3 is 0 Å². The predicted molar refractivity (Wildman–Crippen MR) is 318 cm³/mol. The highest BCUT2D eigenvalue weighted by molar-refractivity contribution is 5.98. The van der Waals surface area contributed by atoms with Crippen LogP contribution in [0.5, 0.6) is 5.75 Å². The van der Waals surface area contributed by atoms with E-state index in [0.717, 1.165) is 10.1 Å². The monoisotopic (exact) mass is 1010 g/mol. The van der Waals surface area contributed by atoms with Gasteiger partial charge in [-0.1, -0.05) is 204 Å². The lowest BCUT2D eigenvalue weighted by molar-refractivity contribution is 0.446. The van der Waals surface area contributed by atoms with E-state index in [0.29, 0.717) is 39.4 Å². The fraction of sp³-hybridized carbons (Fsp3) is 0.239. The number of hydrogen-bond donors (Lipinski definition) is 1.